The predicted molar refractivity (Wildman–Crippen MR) is 151 cm³/mol. The fraction of sp³-hybridized carbons (Fsp3) is 0.200. The Bertz CT molecular complexity index is 1660. The first kappa shape index (κ1) is 30.0. The molecule has 0 saturated carbocycles. The second-order valence-electron chi connectivity index (χ2n) is 9.50. The summed E-state index contributed by atoms with van der Waals surface area (Å²) < 4.78 is 65.8. The summed E-state index contributed by atoms with van der Waals surface area (Å²) in [5, 5.41) is 2.95. The highest BCUT2D eigenvalue weighted by atomic mass is 32.2. The molecule has 1 atom stereocenters. The molecule has 1 unspecified atom stereocenters. The summed E-state index contributed by atoms with van der Waals surface area (Å²) >= 11 is 1.45. The normalized spacial score (nSPS) is 12.5. The van der Waals surface area contributed by atoms with E-state index in [1.54, 1.807) is 37.3 Å². The van der Waals surface area contributed by atoms with Crippen molar-refractivity contribution < 1.29 is 31.2 Å². The molecule has 0 radical (unpaired) electrons. The zero-order chi connectivity index (χ0) is 29.9. The van der Waals surface area contributed by atoms with Crippen molar-refractivity contribution >= 4 is 33.2 Å². The Balaban J connectivity index is 1.45. The molecule has 0 aliphatic rings. The number of rotatable bonds is 8. The van der Waals surface area contributed by atoms with Crippen LogP contribution in [0.1, 0.15) is 65.7 Å². The van der Waals surface area contributed by atoms with Crippen molar-refractivity contribution in [3.05, 3.63) is 122 Å². The van der Waals surface area contributed by atoms with Gasteiger partial charge in [0, 0.05) is 15.3 Å². The highest BCUT2D eigenvalue weighted by Crippen LogP contribution is 2.32. The van der Waals surface area contributed by atoms with Crippen LogP contribution in [0.3, 0.4) is 0 Å². The van der Waals surface area contributed by atoms with Crippen LogP contribution in [0.15, 0.2) is 83.8 Å². The summed E-state index contributed by atoms with van der Waals surface area (Å²) in [6.07, 6.45) is -4.11. The van der Waals surface area contributed by atoms with Crippen molar-refractivity contribution in [3.8, 4) is 0 Å². The van der Waals surface area contributed by atoms with E-state index in [0.717, 1.165) is 27.5 Å². The Morgan fingerprint density at radius 3 is 2.05 bits per heavy atom. The quantitative estimate of drug-likeness (QED) is 0.239. The van der Waals surface area contributed by atoms with Crippen LogP contribution in [0.4, 0.5) is 13.2 Å². The highest BCUT2D eigenvalue weighted by Gasteiger charge is 2.30. The first-order valence-electron chi connectivity index (χ1n) is 12.5. The van der Waals surface area contributed by atoms with E-state index in [9.17, 15) is 31.2 Å². The van der Waals surface area contributed by atoms with Crippen molar-refractivity contribution in [2.45, 2.75) is 44.3 Å². The number of sulfonamides is 1. The van der Waals surface area contributed by atoms with Gasteiger partial charge in [-0.2, -0.15) is 13.2 Å². The topological polar surface area (TPSA) is 92.3 Å². The van der Waals surface area contributed by atoms with E-state index in [1.807, 2.05) is 18.6 Å². The van der Waals surface area contributed by atoms with Crippen LogP contribution in [0, 0.1) is 13.8 Å². The van der Waals surface area contributed by atoms with E-state index in [0.29, 0.717) is 23.1 Å². The van der Waals surface area contributed by atoms with E-state index in [2.05, 4.69) is 5.32 Å². The van der Waals surface area contributed by atoms with Gasteiger partial charge in [-0.05, 0) is 80.3 Å². The molecular formula is C30H27F3N2O4S2. The standard InChI is InChI=1S/C30H27F3N2O4S2/c1-18(22-11-13-23(14-12-22)28(36)35-41(38,39)25-7-5-4-6-8-25)34-29(37)27-20(3)40-19(2)26(27)17-21-9-15-24(16-10-21)30(31,32)33/h4-16,18H,17H2,1-3H3,(H,34,37)(H,35,36). The zero-order valence-electron chi connectivity index (χ0n) is 22.4. The Labute approximate surface area is 240 Å². The van der Waals surface area contributed by atoms with E-state index in [1.165, 1.54) is 47.7 Å². The van der Waals surface area contributed by atoms with Crippen molar-refractivity contribution in [2.75, 3.05) is 0 Å². The van der Waals surface area contributed by atoms with E-state index in [-0.39, 0.29) is 16.4 Å². The van der Waals surface area contributed by atoms with E-state index in [4.69, 9.17) is 0 Å². The Hall–Kier alpha value is -3.96. The minimum Gasteiger partial charge on any atom is -0.345 e. The molecule has 0 bridgehead atoms. The molecule has 6 nitrogen and oxygen atoms in total. The Morgan fingerprint density at radius 1 is 0.854 bits per heavy atom. The van der Waals surface area contributed by atoms with Gasteiger partial charge < -0.3 is 5.32 Å². The Kier molecular flexibility index (Phi) is 8.69. The van der Waals surface area contributed by atoms with Crippen LogP contribution in [-0.4, -0.2) is 20.2 Å². The summed E-state index contributed by atoms with van der Waals surface area (Å²) in [6.45, 7) is 5.47. The van der Waals surface area contributed by atoms with Gasteiger partial charge in [-0.3, -0.25) is 9.59 Å². The van der Waals surface area contributed by atoms with Gasteiger partial charge in [-0.15, -0.1) is 11.3 Å². The molecule has 214 valence electrons. The molecular weight excluding hydrogens is 573 g/mol. The number of aryl methyl sites for hydroxylation is 2. The number of hydrogen-bond acceptors (Lipinski definition) is 5. The van der Waals surface area contributed by atoms with Crippen LogP contribution < -0.4 is 10.0 Å². The molecule has 2 amide bonds. The number of halogens is 3. The van der Waals surface area contributed by atoms with Crippen LogP contribution >= 0.6 is 11.3 Å². The lowest BCUT2D eigenvalue weighted by atomic mass is 9.98. The number of amides is 2. The van der Waals surface area contributed by atoms with Crippen LogP contribution in [0.5, 0.6) is 0 Å². The molecule has 3 aromatic carbocycles. The first-order valence-corrected chi connectivity index (χ1v) is 14.8. The van der Waals surface area contributed by atoms with Crippen molar-refractivity contribution in [1.82, 2.24) is 10.0 Å². The van der Waals surface area contributed by atoms with Gasteiger partial charge in [0.05, 0.1) is 22.1 Å². The minimum absolute atomic E-state index is 0.0297. The molecule has 0 fully saturated rings. The molecule has 1 heterocycles. The Morgan fingerprint density at radius 2 is 1.46 bits per heavy atom. The summed E-state index contributed by atoms with van der Waals surface area (Å²) in [6, 6.07) is 18.2. The maximum atomic E-state index is 13.3. The number of thiophene rings is 1. The third-order valence-corrected chi connectivity index (χ3v) is 8.99. The summed E-state index contributed by atoms with van der Waals surface area (Å²) in [7, 11) is -4.02. The van der Waals surface area contributed by atoms with Crippen molar-refractivity contribution in [1.29, 1.82) is 0 Å². The van der Waals surface area contributed by atoms with Gasteiger partial charge in [0.1, 0.15) is 0 Å². The lowest BCUT2D eigenvalue weighted by Crippen LogP contribution is -2.30. The summed E-state index contributed by atoms with van der Waals surface area (Å²) in [4.78, 5) is 27.6. The van der Waals surface area contributed by atoms with Crippen LogP contribution in [-0.2, 0) is 22.6 Å². The molecule has 0 saturated heterocycles. The van der Waals surface area contributed by atoms with Gasteiger partial charge in [-0.1, -0.05) is 42.5 Å². The number of benzene rings is 3. The molecule has 2 N–H and O–H groups in total. The molecule has 1 aromatic heterocycles. The van der Waals surface area contributed by atoms with Crippen molar-refractivity contribution in [3.63, 3.8) is 0 Å². The molecule has 41 heavy (non-hydrogen) atoms. The lowest BCUT2D eigenvalue weighted by Gasteiger charge is -2.16. The molecule has 0 aliphatic heterocycles. The van der Waals surface area contributed by atoms with Crippen LogP contribution in [0.2, 0.25) is 0 Å². The van der Waals surface area contributed by atoms with Gasteiger partial charge in [0.25, 0.3) is 21.8 Å². The second kappa shape index (κ2) is 11.9. The maximum Gasteiger partial charge on any atom is 0.416 e. The number of alkyl halides is 3. The van der Waals surface area contributed by atoms with Crippen LogP contribution in [0.25, 0.3) is 0 Å². The number of nitrogens with one attached hydrogen (secondary N) is 2. The van der Waals surface area contributed by atoms with E-state index < -0.39 is 33.7 Å². The number of carbonyl (C=O) groups is 2. The molecule has 4 aromatic rings. The minimum atomic E-state index is -4.42. The van der Waals surface area contributed by atoms with Gasteiger partial charge in [0.15, 0.2) is 0 Å². The summed E-state index contributed by atoms with van der Waals surface area (Å²) in [5.74, 6) is -1.11. The average Bonchev–Trinajstić information content (AvgIpc) is 3.20. The summed E-state index contributed by atoms with van der Waals surface area (Å²) in [5.41, 5.74) is 1.99. The number of carbonyl (C=O) groups excluding carboxylic acids is 2. The SMILES string of the molecule is Cc1sc(C)c(C(=O)NC(C)c2ccc(C(=O)NS(=O)(=O)c3ccccc3)cc2)c1Cc1ccc(C(F)(F)F)cc1. The largest absolute Gasteiger partial charge is 0.416 e. The smallest absolute Gasteiger partial charge is 0.345 e. The average molecular weight is 601 g/mol. The molecule has 4 rings (SSSR count). The predicted octanol–water partition coefficient (Wildman–Crippen LogP) is 6.58. The maximum absolute atomic E-state index is 13.3. The highest BCUT2D eigenvalue weighted by molar-refractivity contribution is 7.90. The monoisotopic (exact) mass is 600 g/mol. The van der Waals surface area contributed by atoms with Gasteiger partial charge in [0.2, 0.25) is 0 Å². The molecule has 0 spiro atoms. The van der Waals surface area contributed by atoms with Gasteiger partial charge in [-0.25, -0.2) is 13.1 Å². The van der Waals surface area contributed by atoms with Gasteiger partial charge >= 0.3 is 6.18 Å². The zero-order valence-corrected chi connectivity index (χ0v) is 24.0. The third-order valence-electron chi connectivity index (χ3n) is 6.58. The molecule has 0 aliphatic carbocycles. The lowest BCUT2D eigenvalue weighted by molar-refractivity contribution is -0.137. The van der Waals surface area contributed by atoms with Crippen molar-refractivity contribution in [2.24, 2.45) is 0 Å². The number of hydrogen-bond donors (Lipinski definition) is 2. The van der Waals surface area contributed by atoms with E-state index >= 15 is 0 Å². The third kappa shape index (κ3) is 7.04. The first-order chi connectivity index (χ1) is 19.3. The fourth-order valence-corrected chi connectivity index (χ4v) is 6.44. The fourth-order valence-electron chi connectivity index (χ4n) is 4.37. The molecule has 11 heteroatoms. The second-order valence-corrected chi connectivity index (χ2v) is 12.6.